The van der Waals surface area contributed by atoms with Crippen molar-refractivity contribution in [2.45, 2.75) is 46.0 Å². The summed E-state index contributed by atoms with van der Waals surface area (Å²) >= 11 is 0. The third-order valence-electron chi connectivity index (χ3n) is 5.03. The third kappa shape index (κ3) is 5.06. The van der Waals surface area contributed by atoms with Crippen LogP contribution in [0.4, 0.5) is 13.2 Å². The largest absolute Gasteiger partial charge is 0.435 e. The van der Waals surface area contributed by atoms with Crippen molar-refractivity contribution in [1.29, 1.82) is 0 Å². The average molecular weight is 416 g/mol. The average Bonchev–Trinajstić information content (AvgIpc) is 3.08. The fraction of sp³-hybridized carbons (Fsp3) is 0.318. The summed E-state index contributed by atoms with van der Waals surface area (Å²) < 4.78 is 39.7. The van der Waals surface area contributed by atoms with Gasteiger partial charge in [-0.15, -0.1) is 0 Å². The Morgan fingerprint density at radius 2 is 1.73 bits per heavy atom. The van der Waals surface area contributed by atoms with Gasteiger partial charge >= 0.3 is 6.18 Å². The number of amides is 1. The molecule has 0 fully saturated rings. The highest BCUT2D eigenvalue weighted by molar-refractivity contribution is 5.77. The van der Waals surface area contributed by atoms with Crippen LogP contribution in [-0.4, -0.2) is 20.7 Å². The molecule has 3 aromatic rings. The summed E-state index contributed by atoms with van der Waals surface area (Å²) in [4.78, 5) is 16.7. The van der Waals surface area contributed by atoms with E-state index in [0.717, 1.165) is 28.3 Å². The van der Waals surface area contributed by atoms with Crippen LogP contribution >= 0.6 is 0 Å². The number of halogens is 3. The summed E-state index contributed by atoms with van der Waals surface area (Å²) in [5.41, 5.74) is 3.45. The van der Waals surface area contributed by atoms with Crippen molar-refractivity contribution in [2.75, 3.05) is 0 Å². The molecule has 0 radical (unpaired) electrons. The van der Waals surface area contributed by atoms with E-state index in [-0.39, 0.29) is 24.9 Å². The van der Waals surface area contributed by atoms with Gasteiger partial charge in [0.15, 0.2) is 5.69 Å². The molecule has 1 atom stereocenters. The minimum absolute atomic E-state index is 0.00619. The van der Waals surface area contributed by atoms with E-state index in [4.69, 9.17) is 0 Å². The molecular weight excluding hydrogens is 393 g/mol. The highest BCUT2D eigenvalue weighted by atomic mass is 19.4. The molecule has 30 heavy (non-hydrogen) atoms. The van der Waals surface area contributed by atoms with Crippen molar-refractivity contribution in [3.8, 4) is 0 Å². The fourth-order valence-corrected chi connectivity index (χ4v) is 3.17. The van der Waals surface area contributed by atoms with Crippen molar-refractivity contribution in [2.24, 2.45) is 0 Å². The number of pyridine rings is 1. The zero-order valence-electron chi connectivity index (χ0n) is 17.0. The number of nitrogens with zero attached hydrogens (tertiary/aromatic N) is 3. The summed E-state index contributed by atoms with van der Waals surface area (Å²) in [5, 5.41) is 6.57. The summed E-state index contributed by atoms with van der Waals surface area (Å²) in [6, 6.07) is 10.2. The lowest BCUT2D eigenvalue weighted by atomic mass is 9.96. The number of hydrogen-bond donors (Lipinski definition) is 1. The Labute approximate surface area is 173 Å². The Balaban J connectivity index is 1.76. The lowest BCUT2D eigenvalue weighted by molar-refractivity contribution is -0.141. The minimum Gasteiger partial charge on any atom is -0.345 e. The lowest BCUT2D eigenvalue weighted by Crippen LogP contribution is -2.30. The van der Waals surface area contributed by atoms with Crippen LogP contribution in [0.25, 0.3) is 0 Å². The first-order valence-corrected chi connectivity index (χ1v) is 9.53. The standard InChI is InChI=1S/C22H23F3N4O/c1-14-4-5-18(12-15(14)2)21(17-6-9-26-10-7-17)27-20(30)8-11-29-16(3)13-19(28-29)22(23,24)25/h4-7,9-10,12-13,21H,8,11H2,1-3H3,(H,27,30)/t21-/m0/s1. The molecule has 2 heterocycles. The Bertz CT molecular complexity index is 1030. The van der Waals surface area contributed by atoms with Gasteiger partial charge < -0.3 is 5.32 Å². The zero-order valence-corrected chi connectivity index (χ0v) is 17.0. The second kappa shape index (κ2) is 8.69. The van der Waals surface area contributed by atoms with E-state index in [1.54, 1.807) is 12.4 Å². The summed E-state index contributed by atoms with van der Waals surface area (Å²) in [6.45, 7) is 5.61. The SMILES string of the molecule is Cc1ccc([C@@H](NC(=O)CCn2nc(C(F)(F)F)cc2C)c2ccncc2)cc1C. The van der Waals surface area contributed by atoms with Crippen LogP contribution in [0.3, 0.4) is 0 Å². The highest BCUT2D eigenvalue weighted by Crippen LogP contribution is 2.28. The number of nitrogens with one attached hydrogen (secondary N) is 1. The van der Waals surface area contributed by atoms with Crippen molar-refractivity contribution in [3.63, 3.8) is 0 Å². The Hall–Kier alpha value is -3.16. The van der Waals surface area contributed by atoms with Crippen LogP contribution in [0.1, 0.15) is 46.1 Å². The first-order chi connectivity index (χ1) is 14.1. The monoisotopic (exact) mass is 416 g/mol. The Morgan fingerprint density at radius 1 is 1.03 bits per heavy atom. The van der Waals surface area contributed by atoms with E-state index in [1.807, 2.05) is 44.2 Å². The number of hydrogen-bond acceptors (Lipinski definition) is 3. The van der Waals surface area contributed by atoms with Gasteiger partial charge in [-0.25, -0.2) is 0 Å². The number of benzene rings is 1. The van der Waals surface area contributed by atoms with Crippen molar-refractivity contribution in [1.82, 2.24) is 20.1 Å². The highest BCUT2D eigenvalue weighted by Gasteiger charge is 2.34. The van der Waals surface area contributed by atoms with E-state index in [9.17, 15) is 18.0 Å². The predicted octanol–water partition coefficient (Wildman–Crippen LogP) is 4.52. The summed E-state index contributed by atoms with van der Waals surface area (Å²) in [7, 11) is 0. The summed E-state index contributed by atoms with van der Waals surface area (Å²) in [5.74, 6) is -0.279. The number of carbonyl (C=O) groups excluding carboxylic acids is 1. The molecule has 0 aliphatic rings. The molecule has 0 aliphatic heterocycles. The second-order valence-corrected chi connectivity index (χ2v) is 7.27. The van der Waals surface area contributed by atoms with Gasteiger partial charge in [-0.2, -0.15) is 18.3 Å². The van der Waals surface area contributed by atoms with E-state index in [2.05, 4.69) is 15.4 Å². The molecule has 8 heteroatoms. The smallest absolute Gasteiger partial charge is 0.345 e. The molecule has 2 aromatic heterocycles. The van der Waals surface area contributed by atoms with Gasteiger partial charge in [0.25, 0.3) is 0 Å². The maximum atomic E-state index is 12.8. The molecule has 1 aromatic carbocycles. The maximum absolute atomic E-state index is 12.8. The first-order valence-electron chi connectivity index (χ1n) is 9.53. The zero-order chi connectivity index (χ0) is 21.9. The number of aryl methyl sites for hydroxylation is 4. The molecule has 0 bridgehead atoms. The second-order valence-electron chi connectivity index (χ2n) is 7.27. The third-order valence-corrected chi connectivity index (χ3v) is 5.03. The molecule has 0 saturated carbocycles. The maximum Gasteiger partial charge on any atom is 0.435 e. The molecule has 0 saturated heterocycles. The number of aromatic nitrogens is 3. The Kier molecular flexibility index (Phi) is 6.24. The van der Waals surface area contributed by atoms with Crippen LogP contribution in [0.5, 0.6) is 0 Å². The van der Waals surface area contributed by atoms with E-state index < -0.39 is 11.9 Å². The topological polar surface area (TPSA) is 59.8 Å². The normalized spacial score (nSPS) is 12.6. The molecule has 1 amide bonds. The molecular formula is C22H23F3N4O. The van der Waals surface area contributed by atoms with Gasteiger partial charge in [-0.3, -0.25) is 14.5 Å². The lowest BCUT2D eigenvalue weighted by Gasteiger charge is -2.21. The van der Waals surface area contributed by atoms with E-state index in [0.29, 0.717) is 5.69 Å². The number of carbonyl (C=O) groups is 1. The van der Waals surface area contributed by atoms with Gasteiger partial charge in [0, 0.05) is 31.1 Å². The van der Waals surface area contributed by atoms with Crippen LogP contribution in [0, 0.1) is 20.8 Å². The minimum atomic E-state index is -4.51. The molecule has 0 spiro atoms. The molecule has 5 nitrogen and oxygen atoms in total. The van der Waals surface area contributed by atoms with Gasteiger partial charge in [-0.1, -0.05) is 18.2 Å². The van der Waals surface area contributed by atoms with Crippen LogP contribution in [0.2, 0.25) is 0 Å². The summed E-state index contributed by atoms with van der Waals surface area (Å²) in [6.07, 6.45) is -1.19. The quantitative estimate of drug-likeness (QED) is 0.643. The molecule has 1 N–H and O–H groups in total. The van der Waals surface area contributed by atoms with Crippen LogP contribution in [-0.2, 0) is 17.5 Å². The van der Waals surface area contributed by atoms with Gasteiger partial charge in [0.05, 0.1) is 6.04 Å². The van der Waals surface area contributed by atoms with E-state index in [1.165, 1.54) is 11.6 Å². The van der Waals surface area contributed by atoms with Crippen molar-refractivity contribution in [3.05, 3.63) is 82.4 Å². The molecule has 158 valence electrons. The molecule has 0 unspecified atom stereocenters. The van der Waals surface area contributed by atoms with Crippen molar-refractivity contribution >= 4 is 5.91 Å². The van der Waals surface area contributed by atoms with Crippen LogP contribution in [0.15, 0.2) is 48.8 Å². The van der Waals surface area contributed by atoms with Crippen molar-refractivity contribution < 1.29 is 18.0 Å². The molecule has 0 aliphatic carbocycles. The number of rotatable bonds is 6. The van der Waals surface area contributed by atoms with Gasteiger partial charge in [0.2, 0.25) is 5.91 Å². The number of alkyl halides is 3. The van der Waals surface area contributed by atoms with Crippen LogP contribution < -0.4 is 5.32 Å². The fourth-order valence-electron chi connectivity index (χ4n) is 3.17. The van der Waals surface area contributed by atoms with Gasteiger partial charge in [0.1, 0.15) is 0 Å². The predicted molar refractivity (Wildman–Crippen MR) is 107 cm³/mol. The van der Waals surface area contributed by atoms with Gasteiger partial charge in [-0.05, 0) is 61.2 Å². The first kappa shape index (κ1) is 21.5. The Morgan fingerprint density at radius 3 is 2.33 bits per heavy atom. The molecule has 3 rings (SSSR count). The van der Waals surface area contributed by atoms with E-state index >= 15 is 0 Å².